The van der Waals surface area contributed by atoms with Crippen LogP contribution in [0.3, 0.4) is 0 Å². The second-order valence-electron chi connectivity index (χ2n) is 5.87. The number of hydrogen-bond acceptors (Lipinski definition) is 5. The average Bonchev–Trinajstić information content (AvgIpc) is 2.81. The Morgan fingerprint density at radius 2 is 2.19 bits per heavy atom. The molecule has 6 heteroatoms. The summed E-state index contributed by atoms with van der Waals surface area (Å²) in [5, 5.41) is 1.67. The zero-order valence-electron chi connectivity index (χ0n) is 12.0. The molecule has 0 bridgehead atoms. The molecule has 0 radical (unpaired) electrons. The Bertz CT molecular complexity index is 680. The van der Waals surface area contributed by atoms with E-state index in [9.17, 15) is 0 Å². The van der Waals surface area contributed by atoms with E-state index in [4.69, 9.17) is 16.6 Å². The Hall–Kier alpha value is -1.20. The van der Waals surface area contributed by atoms with Crippen molar-refractivity contribution in [3.05, 3.63) is 32.6 Å². The molecule has 0 atom stereocenters. The Kier molecular flexibility index (Phi) is 3.34. The molecule has 3 heterocycles. The van der Waals surface area contributed by atoms with Crippen molar-refractivity contribution in [3.8, 4) is 0 Å². The minimum absolute atomic E-state index is 0.320. The molecule has 2 aromatic heterocycles. The van der Waals surface area contributed by atoms with Gasteiger partial charge in [-0.2, -0.15) is 0 Å². The smallest absolute Gasteiger partial charge is 0.224 e. The van der Waals surface area contributed by atoms with Gasteiger partial charge in [0.1, 0.15) is 5.82 Å². The second-order valence-corrected chi connectivity index (χ2v) is 7.32. The molecular weight excluding hydrogens is 304 g/mol. The molecule has 0 aromatic carbocycles. The van der Waals surface area contributed by atoms with Gasteiger partial charge in [0.05, 0.1) is 17.2 Å². The number of anilines is 1. The molecule has 1 aliphatic heterocycles. The first-order chi connectivity index (χ1) is 10.2. The van der Waals surface area contributed by atoms with E-state index in [0.29, 0.717) is 5.28 Å². The van der Waals surface area contributed by atoms with Crippen molar-refractivity contribution in [2.24, 2.45) is 0 Å². The summed E-state index contributed by atoms with van der Waals surface area (Å²) in [6.45, 7) is 3.89. The minimum Gasteiger partial charge on any atom is -0.351 e. The zero-order chi connectivity index (χ0) is 14.4. The number of hydrogen-bond donors (Lipinski definition) is 0. The lowest BCUT2D eigenvalue weighted by Crippen LogP contribution is -2.31. The van der Waals surface area contributed by atoms with Crippen LogP contribution in [-0.4, -0.2) is 21.5 Å². The lowest BCUT2D eigenvalue weighted by atomic mass is 9.86. The van der Waals surface area contributed by atoms with E-state index in [1.165, 1.54) is 34.8 Å². The fourth-order valence-electron chi connectivity index (χ4n) is 2.96. The summed E-state index contributed by atoms with van der Waals surface area (Å²) < 4.78 is 0. The van der Waals surface area contributed by atoms with Crippen LogP contribution in [0.5, 0.6) is 0 Å². The third-order valence-electron chi connectivity index (χ3n) is 4.42. The van der Waals surface area contributed by atoms with Crippen molar-refractivity contribution in [2.45, 2.75) is 45.1 Å². The molecule has 1 fully saturated rings. The standard InChI is InChI=1S/C15H17ClN4S/c1-9-7-17-15(16)19-13(9)20-6-5-11-12(8-20)21-14(18-11)10-3-2-4-10/h7,10H,2-6,8H2,1H3. The van der Waals surface area contributed by atoms with Crippen LogP contribution < -0.4 is 4.90 Å². The summed E-state index contributed by atoms with van der Waals surface area (Å²) >= 11 is 7.85. The van der Waals surface area contributed by atoms with Crippen molar-refractivity contribution in [1.82, 2.24) is 15.0 Å². The highest BCUT2D eigenvalue weighted by atomic mass is 35.5. The quantitative estimate of drug-likeness (QED) is 0.791. The number of nitrogens with zero attached hydrogens (tertiary/aromatic N) is 4. The van der Waals surface area contributed by atoms with Gasteiger partial charge in [0.25, 0.3) is 0 Å². The predicted molar refractivity (Wildman–Crippen MR) is 85.2 cm³/mol. The molecule has 4 rings (SSSR count). The van der Waals surface area contributed by atoms with Crippen molar-refractivity contribution in [2.75, 3.05) is 11.4 Å². The predicted octanol–water partition coefficient (Wildman–Crippen LogP) is 3.73. The fourth-order valence-corrected chi connectivity index (χ4v) is 4.38. The third-order valence-corrected chi connectivity index (χ3v) is 5.84. The van der Waals surface area contributed by atoms with Crippen molar-refractivity contribution < 1.29 is 0 Å². The van der Waals surface area contributed by atoms with Crippen LogP contribution in [0.1, 0.15) is 46.3 Å². The van der Waals surface area contributed by atoms with Crippen LogP contribution in [0.2, 0.25) is 5.28 Å². The van der Waals surface area contributed by atoms with Gasteiger partial charge in [-0.15, -0.1) is 11.3 Å². The Balaban J connectivity index is 1.61. The van der Waals surface area contributed by atoms with Gasteiger partial charge in [-0.25, -0.2) is 15.0 Å². The van der Waals surface area contributed by atoms with E-state index in [-0.39, 0.29) is 0 Å². The van der Waals surface area contributed by atoms with Gasteiger partial charge >= 0.3 is 0 Å². The van der Waals surface area contributed by atoms with Crippen LogP contribution in [-0.2, 0) is 13.0 Å². The monoisotopic (exact) mass is 320 g/mol. The number of rotatable bonds is 2. The molecule has 2 aliphatic rings. The first-order valence-corrected chi connectivity index (χ1v) is 8.62. The first kappa shape index (κ1) is 13.5. The summed E-state index contributed by atoms with van der Waals surface area (Å²) in [7, 11) is 0. The number of fused-ring (bicyclic) bond motifs is 1. The van der Waals surface area contributed by atoms with E-state index in [0.717, 1.165) is 36.8 Å². The highest BCUT2D eigenvalue weighted by molar-refractivity contribution is 7.11. The van der Waals surface area contributed by atoms with Crippen molar-refractivity contribution >= 4 is 28.8 Å². The third kappa shape index (κ3) is 2.42. The largest absolute Gasteiger partial charge is 0.351 e. The van der Waals surface area contributed by atoms with E-state index in [1.54, 1.807) is 6.20 Å². The topological polar surface area (TPSA) is 41.9 Å². The summed E-state index contributed by atoms with van der Waals surface area (Å²) in [5.74, 6) is 1.68. The molecule has 0 spiro atoms. The first-order valence-electron chi connectivity index (χ1n) is 7.43. The maximum atomic E-state index is 5.95. The number of halogens is 1. The molecule has 0 amide bonds. The fraction of sp³-hybridized carbons (Fsp3) is 0.533. The van der Waals surface area contributed by atoms with Crippen molar-refractivity contribution in [3.63, 3.8) is 0 Å². The van der Waals surface area contributed by atoms with Crippen molar-refractivity contribution in [1.29, 1.82) is 0 Å². The van der Waals surface area contributed by atoms with Gasteiger partial charge in [0, 0.05) is 35.5 Å². The maximum absolute atomic E-state index is 5.95. The van der Waals surface area contributed by atoms with E-state index in [1.807, 2.05) is 18.3 Å². The minimum atomic E-state index is 0.320. The van der Waals surface area contributed by atoms with E-state index in [2.05, 4.69) is 14.9 Å². The lowest BCUT2D eigenvalue weighted by molar-refractivity contribution is 0.417. The van der Waals surface area contributed by atoms with Crippen LogP contribution >= 0.6 is 22.9 Å². The van der Waals surface area contributed by atoms with Crippen LogP contribution in [0, 0.1) is 6.92 Å². The molecule has 1 saturated carbocycles. The van der Waals surface area contributed by atoms with Gasteiger partial charge in [-0.05, 0) is 31.4 Å². The summed E-state index contributed by atoms with van der Waals surface area (Å²) in [6.07, 6.45) is 6.79. The molecule has 110 valence electrons. The number of aromatic nitrogens is 3. The molecule has 21 heavy (non-hydrogen) atoms. The molecular formula is C15H17ClN4S. The van der Waals surface area contributed by atoms with Crippen LogP contribution in [0.25, 0.3) is 0 Å². The van der Waals surface area contributed by atoms with Gasteiger partial charge in [-0.3, -0.25) is 0 Å². The molecule has 2 aromatic rings. The highest BCUT2D eigenvalue weighted by Crippen LogP contribution is 2.40. The van der Waals surface area contributed by atoms with Gasteiger partial charge in [-0.1, -0.05) is 6.42 Å². The molecule has 0 N–H and O–H groups in total. The zero-order valence-corrected chi connectivity index (χ0v) is 13.5. The molecule has 4 nitrogen and oxygen atoms in total. The van der Waals surface area contributed by atoms with E-state index < -0.39 is 0 Å². The average molecular weight is 321 g/mol. The van der Waals surface area contributed by atoms with E-state index >= 15 is 0 Å². The van der Waals surface area contributed by atoms with Gasteiger partial charge in [0.2, 0.25) is 5.28 Å². The normalized spacial score (nSPS) is 18.5. The SMILES string of the molecule is Cc1cnc(Cl)nc1N1CCc2nc(C3CCC3)sc2C1. The Morgan fingerprint density at radius 1 is 1.33 bits per heavy atom. The Morgan fingerprint density at radius 3 is 2.95 bits per heavy atom. The summed E-state index contributed by atoms with van der Waals surface area (Å²) in [6, 6.07) is 0. The van der Waals surface area contributed by atoms with Crippen LogP contribution in [0.15, 0.2) is 6.20 Å². The summed E-state index contributed by atoms with van der Waals surface area (Å²) in [5.41, 5.74) is 2.38. The molecule has 0 unspecified atom stereocenters. The molecule has 0 saturated heterocycles. The number of thiazole rings is 1. The highest BCUT2D eigenvalue weighted by Gasteiger charge is 2.28. The maximum Gasteiger partial charge on any atom is 0.224 e. The lowest BCUT2D eigenvalue weighted by Gasteiger charge is -2.28. The van der Waals surface area contributed by atoms with Gasteiger partial charge in [0.15, 0.2) is 0 Å². The Labute approximate surface area is 133 Å². The molecule has 1 aliphatic carbocycles. The summed E-state index contributed by atoms with van der Waals surface area (Å²) in [4.78, 5) is 17.0. The van der Waals surface area contributed by atoms with Crippen LogP contribution in [0.4, 0.5) is 5.82 Å². The van der Waals surface area contributed by atoms with Gasteiger partial charge < -0.3 is 4.90 Å². The number of aryl methyl sites for hydroxylation is 1. The second kappa shape index (κ2) is 5.21.